The van der Waals surface area contributed by atoms with Gasteiger partial charge in [0.05, 0.1) is 6.61 Å². The smallest absolute Gasteiger partial charge is 0.274 e. The fraction of sp³-hybridized carbons (Fsp3) is 0.556. The number of aliphatic hydroxyl groups is 3. The molecule has 8 nitrogen and oxygen atoms in total. The van der Waals surface area contributed by atoms with Crippen LogP contribution < -0.4 is 11.3 Å². The molecule has 2 heterocycles. The number of nitrogens with zero attached hydrogens (tertiary/aromatic N) is 2. The second-order valence-corrected chi connectivity index (χ2v) is 3.76. The average molecular weight is 243 g/mol. The predicted octanol–water partition coefficient (Wildman–Crippen LogP) is -2.56. The maximum atomic E-state index is 10.9. The van der Waals surface area contributed by atoms with Crippen LogP contribution in [0.4, 0.5) is 5.95 Å². The van der Waals surface area contributed by atoms with Gasteiger partial charge in [-0.2, -0.15) is 4.98 Å². The average Bonchev–Trinajstić information content (AvgIpc) is 2.57. The summed E-state index contributed by atoms with van der Waals surface area (Å²) in [6, 6.07) is 1.16. The molecule has 1 aromatic heterocycles. The molecular formula is C9H13N3O5. The third-order valence-electron chi connectivity index (χ3n) is 2.66. The number of ether oxygens (including phenoxy) is 1. The summed E-state index contributed by atoms with van der Waals surface area (Å²) in [6.07, 6.45) is -3.03. The Labute approximate surface area is 95.9 Å². The van der Waals surface area contributed by atoms with Gasteiger partial charge in [0.1, 0.15) is 18.3 Å². The number of hydrogen-bond donors (Lipinski definition) is 4. The molecule has 4 atom stereocenters. The van der Waals surface area contributed by atoms with Crippen molar-refractivity contribution in [3.05, 3.63) is 22.6 Å². The van der Waals surface area contributed by atoms with Gasteiger partial charge < -0.3 is 25.8 Å². The van der Waals surface area contributed by atoms with E-state index in [2.05, 4.69) is 4.98 Å². The molecule has 2 rings (SSSR count). The number of nitrogen functional groups attached to an aromatic ring is 1. The quantitative estimate of drug-likeness (QED) is 0.449. The second kappa shape index (κ2) is 4.41. The van der Waals surface area contributed by atoms with E-state index in [0.29, 0.717) is 0 Å². The van der Waals surface area contributed by atoms with Crippen LogP contribution in [0.2, 0.25) is 0 Å². The first-order valence-corrected chi connectivity index (χ1v) is 5.01. The summed E-state index contributed by atoms with van der Waals surface area (Å²) in [5.74, 6) is -0.132. The van der Waals surface area contributed by atoms with E-state index in [9.17, 15) is 15.0 Å². The molecule has 1 aromatic rings. The molecule has 17 heavy (non-hydrogen) atoms. The maximum absolute atomic E-state index is 10.9. The van der Waals surface area contributed by atoms with Crippen LogP contribution in [0.15, 0.2) is 17.1 Å². The highest BCUT2D eigenvalue weighted by Crippen LogP contribution is 2.29. The Kier molecular flexibility index (Phi) is 3.11. The Hall–Kier alpha value is -1.48. The van der Waals surface area contributed by atoms with Crippen molar-refractivity contribution in [1.82, 2.24) is 9.55 Å². The van der Waals surface area contributed by atoms with Gasteiger partial charge in [0.25, 0.3) is 5.56 Å². The van der Waals surface area contributed by atoms with Crippen molar-refractivity contribution in [2.24, 2.45) is 0 Å². The van der Waals surface area contributed by atoms with E-state index < -0.39 is 36.7 Å². The first-order chi connectivity index (χ1) is 8.04. The van der Waals surface area contributed by atoms with E-state index in [1.54, 1.807) is 0 Å². The Bertz CT molecular complexity index is 462. The third-order valence-corrected chi connectivity index (χ3v) is 2.66. The highest BCUT2D eigenvalue weighted by Gasteiger charge is 2.43. The summed E-state index contributed by atoms with van der Waals surface area (Å²) in [6.45, 7) is -0.428. The number of aliphatic hydroxyl groups excluding tert-OH is 3. The number of aromatic nitrogens is 2. The van der Waals surface area contributed by atoms with Crippen molar-refractivity contribution < 1.29 is 20.1 Å². The largest absolute Gasteiger partial charge is 0.394 e. The number of rotatable bonds is 2. The van der Waals surface area contributed by atoms with Crippen molar-refractivity contribution in [3.63, 3.8) is 0 Å². The monoisotopic (exact) mass is 243 g/mol. The predicted molar refractivity (Wildman–Crippen MR) is 55.9 cm³/mol. The van der Waals surface area contributed by atoms with Crippen molar-refractivity contribution in [3.8, 4) is 0 Å². The highest BCUT2D eigenvalue weighted by molar-refractivity contribution is 5.17. The first kappa shape index (κ1) is 12.0. The van der Waals surface area contributed by atoms with Gasteiger partial charge in [0.15, 0.2) is 6.23 Å². The van der Waals surface area contributed by atoms with Crippen LogP contribution in [0.3, 0.4) is 0 Å². The zero-order valence-electron chi connectivity index (χ0n) is 8.80. The number of nitrogens with two attached hydrogens (primary N) is 1. The van der Waals surface area contributed by atoms with Gasteiger partial charge in [0.2, 0.25) is 5.95 Å². The molecule has 0 amide bonds. The van der Waals surface area contributed by atoms with Crippen LogP contribution in [-0.4, -0.2) is 49.8 Å². The van der Waals surface area contributed by atoms with E-state index >= 15 is 0 Å². The molecule has 1 fully saturated rings. The van der Waals surface area contributed by atoms with Gasteiger partial charge in [-0.25, -0.2) is 0 Å². The molecule has 0 bridgehead atoms. The molecule has 0 unspecified atom stereocenters. The minimum Gasteiger partial charge on any atom is -0.394 e. The summed E-state index contributed by atoms with van der Waals surface area (Å²) in [4.78, 5) is 14.4. The Balaban J connectivity index is 2.32. The summed E-state index contributed by atoms with van der Waals surface area (Å²) in [7, 11) is 0. The molecule has 0 saturated carbocycles. The molecule has 0 radical (unpaired) electrons. The lowest BCUT2D eigenvalue weighted by molar-refractivity contribution is -0.0523. The topological polar surface area (TPSA) is 131 Å². The fourth-order valence-electron chi connectivity index (χ4n) is 1.75. The molecule has 0 aliphatic carbocycles. The lowest BCUT2D eigenvalue weighted by Crippen LogP contribution is -2.33. The molecule has 1 saturated heterocycles. The van der Waals surface area contributed by atoms with Gasteiger partial charge >= 0.3 is 0 Å². The molecular weight excluding hydrogens is 230 g/mol. The van der Waals surface area contributed by atoms with E-state index in [1.165, 1.54) is 10.8 Å². The molecule has 0 spiro atoms. The van der Waals surface area contributed by atoms with Crippen LogP contribution in [-0.2, 0) is 4.74 Å². The summed E-state index contributed by atoms with van der Waals surface area (Å²) in [5.41, 5.74) is 5.00. The van der Waals surface area contributed by atoms with Crippen molar-refractivity contribution in [2.45, 2.75) is 24.5 Å². The van der Waals surface area contributed by atoms with E-state index in [4.69, 9.17) is 15.6 Å². The molecule has 1 aliphatic rings. The van der Waals surface area contributed by atoms with Gasteiger partial charge in [0, 0.05) is 12.3 Å². The van der Waals surface area contributed by atoms with Gasteiger partial charge in [-0.05, 0) is 0 Å². The van der Waals surface area contributed by atoms with Gasteiger partial charge in [-0.15, -0.1) is 0 Å². The maximum Gasteiger partial charge on any atom is 0.274 e. The molecule has 1 aliphatic heterocycles. The Morgan fingerprint density at radius 3 is 2.71 bits per heavy atom. The SMILES string of the molecule is Nc1nc(=O)ccn1[C@@H]1O[C@H](CO)[C@@H](O)[C@@H]1O. The second-order valence-electron chi connectivity index (χ2n) is 3.76. The van der Waals surface area contributed by atoms with Crippen molar-refractivity contribution in [2.75, 3.05) is 12.3 Å². The molecule has 0 aromatic carbocycles. The zero-order valence-corrected chi connectivity index (χ0v) is 8.80. The normalized spacial score (nSPS) is 32.9. The minimum absolute atomic E-state index is 0.132. The number of anilines is 1. The first-order valence-electron chi connectivity index (χ1n) is 5.01. The third kappa shape index (κ3) is 2.03. The summed E-state index contributed by atoms with van der Waals surface area (Å²) in [5, 5.41) is 28.2. The molecule has 5 N–H and O–H groups in total. The van der Waals surface area contributed by atoms with Crippen LogP contribution in [0, 0.1) is 0 Å². The summed E-state index contributed by atoms with van der Waals surface area (Å²) < 4.78 is 6.46. The Morgan fingerprint density at radius 1 is 1.47 bits per heavy atom. The van der Waals surface area contributed by atoms with Crippen molar-refractivity contribution >= 4 is 5.95 Å². The minimum atomic E-state index is -1.25. The molecule has 8 heteroatoms. The molecule has 94 valence electrons. The lowest BCUT2D eigenvalue weighted by atomic mass is 10.1. The standard InChI is InChI=1S/C9H13N3O5/c10-9-11-5(14)1-2-12(9)8-7(16)6(15)4(3-13)17-8/h1-2,4,6-8,13,15-16H,3H2,(H2,10,11,14)/t4-,6-,7+,8-/m1/s1. The zero-order chi connectivity index (χ0) is 12.6. The van der Waals surface area contributed by atoms with Crippen molar-refractivity contribution in [1.29, 1.82) is 0 Å². The van der Waals surface area contributed by atoms with Gasteiger partial charge in [-0.3, -0.25) is 9.36 Å². The summed E-state index contributed by atoms with van der Waals surface area (Å²) >= 11 is 0. The lowest BCUT2D eigenvalue weighted by Gasteiger charge is -2.19. The van der Waals surface area contributed by atoms with Crippen LogP contribution in [0.1, 0.15) is 6.23 Å². The van der Waals surface area contributed by atoms with E-state index in [-0.39, 0.29) is 5.95 Å². The van der Waals surface area contributed by atoms with Crippen LogP contribution in [0.25, 0.3) is 0 Å². The van der Waals surface area contributed by atoms with Gasteiger partial charge in [-0.1, -0.05) is 0 Å². The van der Waals surface area contributed by atoms with E-state index in [0.717, 1.165) is 6.07 Å². The highest BCUT2D eigenvalue weighted by atomic mass is 16.6. The Morgan fingerprint density at radius 2 is 2.18 bits per heavy atom. The van der Waals surface area contributed by atoms with Crippen LogP contribution in [0.5, 0.6) is 0 Å². The number of hydrogen-bond acceptors (Lipinski definition) is 7. The van der Waals surface area contributed by atoms with E-state index in [1.807, 2.05) is 0 Å². The van der Waals surface area contributed by atoms with Crippen LogP contribution >= 0.6 is 0 Å². The fourth-order valence-corrected chi connectivity index (χ4v) is 1.75.